The largest absolute Gasteiger partial charge is 0.486 e. The van der Waals surface area contributed by atoms with Gasteiger partial charge in [0, 0.05) is 13.0 Å². The van der Waals surface area contributed by atoms with Crippen LogP contribution in [0, 0.1) is 23.6 Å². The standard InChI is InChI=1S/C30H38FNO3/c1-3-34-29(33)20-32(2)13-12-28(24-4-8-26(31)9-5-24)35-27-10-6-25(7-11-27)30-17-21-14-22(18-30)16-23(15-21)19-30/h4-11,21-23,28H,3,12-20H2,1-2H3/t21?,22?,23?,28-,30?/m1/s1. The number of carbonyl (C=O) groups is 1. The Kier molecular flexibility index (Phi) is 7.15. The van der Waals surface area contributed by atoms with Gasteiger partial charge in [-0.1, -0.05) is 24.3 Å². The molecule has 0 N–H and O–H groups in total. The maximum atomic E-state index is 13.6. The van der Waals surface area contributed by atoms with Gasteiger partial charge in [-0.2, -0.15) is 0 Å². The molecule has 0 amide bonds. The monoisotopic (exact) mass is 479 g/mol. The van der Waals surface area contributed by atoms with Gasteiger partial charge in [0.2, 0.25) is 0 Å². The summed E-state index contributed by atoms with van der Waals surface area (Å²) < 4.78 is 25.1. The van der Waals surface area contributed by atoms with Gasteiger partial charge in [-0.05, 0) is 111 Å². The van der Waals surface area contributed by atoms with Crippen LogP contribution in [0.1, 0.15) is 69.1 Å². The first-order chi connectivity index (χ1) is 16.9. The molecule has 4 nitrogen and oxygen atoms in total. The maximum Gasteiger partial charge on any atom is 0.320 e. The van der Waals surface area contributed by atoms with Crippen LogP contribution in [-0.2, 0) is 14.9 Å². The molecule has 4 fully saturated rings. The van der Waals surface area contributed by atoms with Crippen LogP contribution in [0.4, 0.5) is 4.39 Å². The van der Waals surface area contributed by atoms with E-state index in [2.05, 4.69) is 24.3 Å². The number of halogens is 1. The van der Waals surface area contributed by atoms with Crippen molar-refractivity contribution >= 4 is 5.97 Å². The van der Waals surface area contributed by atoms with Crippen molar-refractivity contribution in [3.8, 4) is 5.75 Å². The first-order valence-electron chi connectivity index (χ1n) is 13.3. The van der Waals surface area contributed by atoms with Crippen molar-refractivity contribution in [2.24, 2.45) is 17.8 Å². The van der Waals surface area contributed by atoms with Crippen molar-refractivity contribution in [1.29, 1.82) is 0 Å². The number of likely N-dealkylation sites (N-methyl/N-ethyl adjacent to an activating group) is 1. The lowest BCUT2D eigenvalue weighted by Crippen LogP contribution is -2.48. The first-order valence-corrected chi connectivity index (χ1v) is 13.3. The summed E-state index contributed by atoms with van der Waals surface area (Å²) in [5, 5.41) is 0. The summed E-state index contributed by atoms with van der Waals surface area (Å²) >= 11 is 0. The molecule has 4 aliphatic carbocycles. The molecule has 0 saturated heterocycles. The van der Waals surface area contributed by atoms with Gasteiger partial charge >= 0.3 is 5.97 Å². The van der Waals surface area contributed by atoms with Gasteiger partial charge in [0.15, 0.2) is 0 Å². The second-order valence-electron chi connectivity index (χ2n) is 11.2. The molecule has 188 valence electrons. The van der Waals surface area contributed by atoms with Gasteiger partial charge in [0.1, 0.15) is 17.7 Å². The molecule has 4 bridgehead atoms. The highest BCUT2D eigenvalue weighted by Gasteiger charge is 2.51. The molecule has 0 heterocycles. The summed E-state index contributed by atoms with van der Waals surface area (Å²) in [6, 6.07) is 15.3. The second kappa shape index (κ2) is 10.3. The molecule has 0 unspecified atom stereocenters. The fourth-order valence-electron chi connectivity index (χ4n) is 7.33. The van der Waals surface area contributed by atoms with E-state index < -0.39 is 0 Å². The Labute approximate surface area is 208 Å². The fourth-order valence-corrected chi connectivity index (χ4v) is 7.33. The Hall–Kier alpha value is -2.40. The third-order valence-corrected chi connectivity index (χ3v) is 8.50. The van der Waals surface area contributed by atoms with Crippen LogP contribution in [0.15, 0.2) is 48.5 Å². The second-order valence-corrected chi connectivity index (χ2v) is 11.2. The predicted octanol–water partition coefficient (Wildman–Crippen LogP) is 6.30. The zero-order valence-corrected chi connectivity index (χ0v) is 21.0. The Bertz CT molecular complexity index is 968. The summed E-state index contributed by atoms with van der Waals surface area (Å²) in [6.45, 7) is 3.09. The van der Waals surface area contributed by atoms with Crippen LogP contribution in [0.3, 0.4) is 0 Å². The predicted molar refractivity (Wildman–Crippen MR) is 135 cm³/mol. The third-order valence-electron chi connectivity index (χ3n) is 8.50. The van der Waals surface area contributed by atoms with E-state index in [0.717, 1.165) is 29.1 Å². The van der Waals surface area contributed by atoms with Gasteiger partial charge in [0.05, 0.1) is 13.2 Å². The lowest BCUT2D eigenvalue weighted by Gasteiger charge is -2.57. The third kappa shape index (κ3) is 5.55. The van der Waals surface area contributed by atoms with Crippen LogP contribution in [0.2, 0.25) is 0 Å². The molecule has 2 aromatic carbocycles. The minimum absolute atomic E-state index is 0.227. The van der Waals surface area contributed by atoms with Crippen LogP contribution in [0.5, 0.6) is 5.75 Å². The van der Waals surface area contributed by atoms with Crippen molar-refractivity contribution in [2.45, 2.75) is 63.4 Å². The molecule has 35 heavy (non-hydrogen) atoms. The molecule has 5 heteroatoms. The topological polar surface area (TPSA) is 38.8 Å². The fraction of sp³-hybridized carbons (Fsp3) is 0.567. The number of carbonyl (C=O) groups excluding carboxylic acids is 1. The lowest BCUT2D eigenvalue weighted by atomic mass is 9.48. The van der Waals surface area contributed by atoms with Gasteiger partial charge in [-0.25, -0.2) is 4.39 Å². The van der Waals surface area contributed by atoms with E-state index in [-0.39, 0.29) is 24.4 Å². The summed E-state index contributed by atoms with van der Waals surface area (Å²) in [7, 11) is 1.90. The number of rotatable bonds is 10. The summed E-state index contributed by atoms with van der Waals surface area (Å²) in [6.07, 6.45) is 8.85. The molecule has 6 rings (SSSR count). The van der Waals surface area contributed by atoms with E-state index in [1.165, 1.54) is 56.2 Å². The first kappa shape index (κ1) is 24.3. The van der Waals surface area contributed by atoms with Gasteiger partial charge in [-0.15, -0.1) is 0 Å². The molecule has 2 aromatic rings. The highest BCUT2D eigenvalue weighted by Crippen LogP contribution is 2.60. The van der Waals surface area contributed by atoms with Crippen LogP contribution < -0.4 is 4.74 Å². The number of ether oxygens (including phenoxy) is 2. The minimum atomic E-state index is -0.258. The molecular formula is C30H38FNO3. The molecule has 1 atom stereocenters. The van der Waals surface area contributed by atoms with E-state index in [1.807, 2.05) is 18.9 Å². The average molecular weight is 480 g/mol. The van der Waals surface area contributed by atoms with E-state index in [1.54, 1.807) is 12.1 Å². The Morgan fingerprint density at radius 2 is 1.60 bits per heavy atom. The molecule has 0 aromatic heterocycles. The normalized spacial score (nSPS) is 27.7. The molecular weight excluding hydrogens is 441 g/mol. The molecule has 4 saturated carbocycles. The highest BCUT2D eigenvalue weighted by atomic mass is 19.1. The number of hydrogen-bond acceptors (Lipinski definition) is 4. The number of nitrogens with zero attached hydrogens (tertiary/aromatic N) is 1. The summed E-state index contributed by atoms with van der Waals surface area (Å²) in [5.41, 5.74) is 2.79. The summed E-state index contributed by atoms with van der Waals surface area (Å²) in [5.74, 6) is 3.12. The SMILES string of the molecule is CCOC(=O)CN(C)CC[C@@H](Oc1ccc(C23CC4CC(CC(C4)C2)C3)cc1)c1ccc(F)cc1. The lowest BCUT2D eigenvalue weighted by molar-refractivity contribution is -0.144. The van der Waals surface area contributed by atoms with Crippen molar-refractivity contribution in [1.82, 2.24) is 4.90 Å². The van der Waals surface area contributed by atoms with Crippen molar-refractivity contribution in [2.75, 3.05) is 26.7 Å². The van der Waals surface area contributed by atoms with Crippen molar-refractivity contribution < 1.29 is 18.7 Å². The van der Waals surface area contributed by atoms with Crippen molar-refractivity contribution in [3.63, 3.8) is 0 Å². The Morgan fingerprint density at radius 3 is 2.17 bits per heavy atom. The molecule has 0 aliphatic heterocycles. The number of esters is 1. The van der Waals surface area contributed by atoms with Gasteiger partial charge in [-0.3, -0.25) is 9.69 Å². The Morgan fingerprint density at radius 1 is 1.00 bits per heavy atom. The zero-order chi connectivity index (χ0) is 24.4. The van der Waals surface area contributed by atoms with E-state index in [0.29, 0.717) is 25.0 Å². The maximum absolute atomic E-state index is 13.6. The van der Waals surface area contributed by atoms with Gasteiger partial charge < -0.3 is 9.47 Å². The average Bonchev–Trinajstić information content (AvgIpc) is 2.82. The number of benzene rings is 2. The zero-order valence-electron chi connectivity index (χ0n) is 21.0. The van der Waals surface area contributed by atoms with Crippen molar-refractivity contribution in [3.05, 3.63) is 65.5 Å². The summed E-state index contributed by atoms with van der Waals surface area (Å²) in [4.78, 5) is 13.8. The van der Waals surface area contributed by atoms with Gasteiger partial charge in [0.25, 0.3) is 0 Å². The van der Waals surface area contributed by atoms with E-state index >= 15 is 0 Å². The quantitative estimate of drug-likeness (QED) is 0.375. The molecule has 4 aliphatic rings. The van der Waals surface area contributed by atoms with E-state index in [9.17, 15) is 9.18 Å². The number of hydrogen-bond donors (Lipinski definition) is 0. The molecule has 0 radical (unpaired) electrons. The smallest absolute Gasteiger partial charge is 0.320 e. The van der Waals surface area contributed by atoms with E-state index in [4.69, 9.17) is 9.47 Å². The van der Waals surface area contributed by atoms with Crippen LogP contribution in [-0.4, -0.2) is 37.6 Å². The Balaban J connectivity index is 1.27. The van der Waals surface area contributed by atoms with Crippen LogP contribution >= 0.6 is 0 Å². The minimum Gasteiger partial charge on any atom is -0.486 e. The highest BCUT2D eigenvalue weighted by molar-refractivity contribution is 5.71. The van der Waals surface area contributed by atoms with Crippen LogP contribution in [0.25, 0.3) is 0 Å². The molecule has 0 spiro atoms.